The highest BCUT2D eigenvalue weighted by atomic mass is 79.9. The zero-order chi connectivity index (χ0) is 19.4. The fourth-order valence-electron chi connectivity index (χ4n) is 2.42. The van der Waals surface area contributed by atoms with Gasteiger partial charge >= 0.3 is 0 Å². The Bertz CT molecular complexity index is 988. The Morgan fingerprint density at radius 1 is 1.19 bits per heavy atom. The maximum Gasteiger partial charge on any atom is 0.176 e. The lowest BCUT2D eigenvalue weighted by atomic mass is 10.1. The summed E-state index contributed by atoms with van der Waals surface area (Å²) in [6.45, 7) is 2.08. The number of benzene rings is 2. The van der Waals surface area contributed by atoms with Crippen LogP contribution in [0.5, 0.6) is 0 Å². The molecule has 0 saturated carbocycles. The summed E-state index contributed by atoms with van der Waals surface area (Å²) in [5, 5.41) is 11.7. The van der Waals surface area contributed by atoms with E-state index in [1.165, 1.54) is 6.92 Å². The molecule has 3 aromatic rings. The lowest BCUT2D eigenvalue weighted by Gasteiger charge is -2.09. The Hall–Kier alpha value is -2.22. The maximum atomic E-state index is 11.3. The van der Waals surface area contributed by atoms with Gasteiger partial charge in [-0.25, -0.2) is 0 Å². The average Bonchev–Trinajstić information content (AvgIpc) is 2.96. The molecule has 0 bridgehead atoms. The van der Waals surface area contributed by atoms with Gasteiger partial charge in [0.15, 0.2) is 16.7 Å². The van der Waals surface area contributed by atoms with E-state index >= 15 is 0 Å². The summed E-state index contributed by atoms with van der Waals surface area (Å²) < 4.78 is 2.56. The number of halogens is 2. The number of rotatable bonds is 5. The predicted octanol–water partition coefficient (Wildman–Crippen LogP) is 5.36. The summed E-state index contributed by atoms with van der Waals surface area (Å²) in [5.41, 5.74) is 2.41. The highest BCUT2D eigenvalue weighted by Crippen LogP contribution is 2.23. The average molecular weight is 464 g/mol. The third kappa shape index (κ3) is 5.15. The molecule has 0 fully saturated rings. The van der Waals surface area contributed by atoms with Crippen LogP contribution in [0, 0.1) is 0 Å². The molecule has 1 heterocycles. The summed E-state index contributed by atoms with van der Waals surface area (Å²) in [4.78, 5) is 11.3. The molecule has 0 saturated heterocycles. The van der Waals surface area contributed by atoms with E-state index < -0.39 is 0 Å². The number of hydrogen-bond donors (Lipinski definition) is 2. The molecular weight excluding hydrogens is 448 g/mol. The van der Waals surface area contributed by atoms with Crippen LogP contribution in [-0.4, -0.2) is 20.7 Å². The molecule has 1 aromatic heterocycles. The fourth-order valence-corrected chi connectivity index (χ4v) is 3.25. The number of Topliss-reactive ketones (excluding diaryl/α,β-unsaturated/α-hetero) is 1. The molecule has 2 aromatic carbocycles. The maximum absolute atomic E-state index is 11.3. The number of carbonyl (C=O) groups is 1. The first kappa shape index (κ1) is 19.5. The van der Waals surface area contributed by atoms with Crippen molar-refractivity contribution >= 4 is 62.1 Å². The van der Waals surface area contributed by atoms with Crippen molar-refractivity contribution in [2.24, 2.45) is 0 Å². The van der Waals surface area contributed by atoms with Gasteiger partial charge in [-0.05, 0) is 71.0 Å². The van der Waals surface area contributed by atoms with E-state index in [2.05, 4.69) is 31.7 Å². The van der Waals surface area contributed by atoms with Gasteiger partial charge in [-0.1, -0.05) is 29.8 Å². The molecule has 0 unspecified atom stereocenters. The summed E-state index contributed by atoms with van der Waals surface area (Å²) in [7, 11) is 0. The molecule has 0 aliphatic carbocycles. The number of carbonyl (C=O) groups excluding carboxylic acids is 1. The number of aromatic nitrogens is 2. The van der Waals surface area contributed by atoms with Gasteiger partial charge in [0.1, 0.15) is 0 Å². The Morgan fingerprint density at radius 2 is 1.89 bits per heavy atom. The Morgan fingerprint density at radius 3 is 2.56 bits per heavy atom. The van der Waals surface area contributed by atoms with E-state index in [9.17, 15) is 4.79 Å². The van der Waals surface area contributed by atoms with Crippen molar-refractivity contribution in [1.29, 1.82) is 0 Å². The molecule has 8 heteroatoms. The van der Waals surface area contributed by atoms with E-state index in [0.29, 0.717) is 28.1 Å². The first-order chi connectivity index (χ1) is 12.9. The highest BCUT2D eigenvalue weighted by molar-refractivity contribution is 9.10. The minimum Gasteiger partial charge on any atom is -0.332 e. The largest absolute Gasteiger partial charge is 0.332 e. The molecule has 27 heavy (non-hydrogen) atoms. The number of nitrogens with one attached hydrogen (secondary N) is 2. The number of anilines is 2. The van der Waals surface area contributed by atoms with Crippen LogP contribution in [0.25, 0.3) is 0 Å². The van der Waals surface area contributed by atoms with Crippen molar-refractivity contribution in [3.63, 3.8) is 0 Å². The molecule has 138 valence electrons. The smallest absolute Gasteiger partial charge is 0.176 e. The second kappa shape index (κ2) is 8.65. The Labute approximate surface area is 175 Å². The Kier molecular flexibility index (Phi) is 6.26. The predicted molar refractivity (Wildman–Crippen MR) is 117 cm³/mol. The van der Waals surface area contributed by atoms with E-state index in [0.717, 1.165) is 15.7 Å². The van der Waals surface area contributed by atoms with Crippen LogP contribution in [0.2, 0.25) is 5.02 Å². The van der Waals surface area contributed by atoms with Crippen LogP contribution in [0.1, 0.15) is 22.8 Å². The topological polar surface area (TPSA) is 59.0 Å². The second-order valence-electron chi connectivity index (χ2n) is 5.83. The van der Waals surface area contributed by atoms with Crippen LogP contribution in [-0.2, 0) is 6.54 Å². The van der Waals surface area contributed by atoms with E-state index in [-0.39, 0.29) is 5.78 Å². The quantitative estimate of drug-likeness (QED) is 0.394. The molecular formula is C19H16BrClN4OS. The molecule has 0 aliphatic heterocycles. The molecule has 0 radical (unpaired) electrons. The van der Waals surface area contributed by atoms with Crippen LogP contribution in [0.4, 0.5) is 11.5 Å². The van der Waals surface area contributed by atoms with Crippen LogP contribution >= 0.6 is 39.7 Å². The summed E-state index contributed by atoms with van der Waals surface area (Å²) >= 11 is 15.0. The first-order valence-corrected chi connectivity index (χ1v) is 9.65. The van der Waals surface area contributed by atoms with E-state index in [4.69, 9.17) is 23.8 Å². The van der Waals surface area contributed by atoms with E-state index in [1.54, 1.807) is 28.9 Å². The number of ketones is 1. The van der Waals surface area contributed by atoms with Gasteiger partial charge in [0.05, 0.1) is 11.0 Å². The van der Waals surface area contributed by atoms with Crippen LogP contribution in [0.15, 0.2) is 59.2 Å². The normalized spacial score (nSPS) is 10.5. The molecule has 2 N–H and O–H groups in total. The summed E-state index contributed by atoms with van der Waals surface area (Å²) in [6, 6.07) is 14.8. The molecule has 0 atom stereocenters. The lowest BCUT2D eigenvalue weighted by Crippen LogP contribution is -2.19. The molecule has 0 spiro atoms. The van der Waals surface area contributed by atoms with Crippen LogP contribution < -0.4 is 10.6 Å². The first-order valence-electron chi connectivity index (χ1n) is 8.08. The monoisotopic (exact) mass is 462 g/mol. The van der Waals surface area contributed by atoms with Gasteiger partial charge in [0.25, 0.3) is 0 Å². The third-order valence-corrected chi connectivity index (χ3v) is 4.94. The van der Waals surface area contributed by atoms with Crippen LogP contribution in [0.3, 0.4) is 0 Å². The van der Waals surface area contributed by atoms with Crippen molar-refractivity contribution < 1.29 is 4.79 Å². The zero-order valence-electron chi connectivity index (χ0n) is 14.4. The number of thiocarbonyl (C=S) groups is 1. The zero-order valence-corrected chi connectivity index (χ0v) is 17.5. The molecule has 0 aliphatic rings. The summed E-state index contributed by atoms with van der Waals surface area (Å²) in [6.07, 6.45) is 1.86. The lowest BCUT2D eigenvalue weighted by molar-refractivity contribution is 0.101. The molecule has 5 nitrogen and oxygen atoms in total. The van der Waals surface area contributed by atoms with Gasteiger partial charge in [-0.3, -0.25) is 9.48 Å². The van der Waals surface area contributed by atoms with Gasteiger partial charge in [0.2, 0.25) is 0 Å². The molecule has 0 amide bonds. The Balaban J connectivity index is 1.65. The van der Waals surface area contributed by atoms with E-state index in [1.807, 2.05) is 30.5 Å². The minimum atomic E-state index is 0.0234. The second-order valence-corrected chi connectivity index (χ2v) is 7.50. The number of nitrogens with zero attached hydrogens (tertiary/aromatic N) is 2. The van der Waals surface area contributed by atoms with Gasteiger partial charge in [0, 0.05) is 22.5 Å². The van der Waals surface area contributed by atoms with Crippen molar-refractivity contribution in [2.75, 3.05) is 10.6 Å². The SMILES string of the molecule is CC(=O)c1ccc(NC(=S)Nc2nn(Cc3ccccc3Cl)cc2Br)cc1. The van der Waals surface area contributed by atoms with Crippen molar-refractivity contribution in [2.45, 2.75) is 13.5 Å². The fraction of sp³-hybridized carbons (Fsp3) is 0.105. The van der Waals surface area contributed by atoms with Crippen molar-refractivity contribution in [3.8, 4) is 0 Å². The highest BCUT2D eigenvalue weighted by Gasteiger charge is 2.10. The number of hydrogen-bond acceptors (Lipinski definition) is 3. The molecule has 3 rings (SSSR count). The third-order valence-electron chi connectivity index (χ3n) is 3.79. The standard InChI is InChI=1S/C19H16BrClN4OS/c1-12(26)13-6-8-15(9-7-13)22-19(27)23-18-16(20)11-25(24-18)10-14-4-2-3-5-17(14)21/h2-9,11H,10H2,1H3,(H2,22,23,24,27). The minimum absolute atomic E-state index is 0.0234. The van der Waals surface area contributed by atoms with Gasteiger partial charge < -0.3 is 10.6 Å². The van der Waals surface area contributed by atoms with Crippen molar-refractivity contribution in [1.82, 2.24) is 9.78 Å². The summed E-state index contributed by atoms with van der Waals surface area (Å²) in [5.74, 6) is 0.621. The van der Waals surface area contributed by atoms with Gasteiger partial charge in [-0.15, -0.1) is 0 Å². The van der Waals surface area contributed by atoms with Gasteiger partial charge in [-0.2, -0.15) is 5.10 Å². The van der Waals surface area contributed by atoms with Crippen molar-refractivity contribution in [3.05, 3.63) is 75.4 Å².